The molecule has 1 aromatic rings. The fourth-order valence-corrected chi connectivity index (χ4v) is 2.86. The molecule has 6 nitrogen and oxygen atoms in total. The molecule has 0 unspecified atom stereocenters. The number of likely N-dealkylation sites (tertiary alicyclic amines) is 1. The van der Waals surface area contributed by atoms with E-state index in [1.54, 1.807) is 12.0 Å². The van der Waals surface area contributed by atoms with Gasteiger partial charge in [0.1, 0.15) is 11.4 Å². The van der Waals surface area contributed by atoms with Crippen molar-refractivity contribution in [2.24, 2.45) is 5.92 Å². The molecule has 0 spiro atoms. The second kappa shape index (κ2) is 7.11. The molecule has 1 aliphatic heterocycles. The standard InChI is InChI=1S/C18H25NO5/c1-18(2,3)24-17(21)19-10-14(15(11-19)16(20)23-5)12-6-8-13(22-4)9-7-12/h6-9,14-15H,10-11H2,1-5H3/t14-,15+/m0/s1. The van der Waals surface area contributed by atoms with Crippen LogP contribution >= 0.6 is 0 Å². The van der Waals surface area contributed by atoms with E-state index in [1.807, 2.05) is 45.0 Å². The van der Waals surface area contributed by atoms with Gasteiger partial charge in [0.2, 0.25) is 0 Å². The van der Waals surface area contributed by atoms with E-state index in [4.69, 9.17) is 14.2 Å². The molecule has 2 atom stereocenters. The molecule has 1 aliphatic rings. The lowest BCUT2D eigenvalue weighted by atomic mass is 9.89. The van der Waals surface area contributed by atoms with Crippen molar-refractivity contribution in [1.29, 1.82) is 0 Å². The Morgan fingerprint density at radius 2 is 1.71 bits per heavy atom. The third kappa shape index (κ3) is 4.19. The van der Waals surface area contributed by atoms with Crippen molar-refractivity contribution < 1.29 is 23.8 Å². The van der Waals surface area contributed by atoms with Crippen LogP contribution in [0.25, 0.3) is 0 Å². The van der Waals surface area contributed by atoms with Crippen molar-refractivity contribution in [3.8, 4) is 5.75 Å². The molecule has 0 aromatic heterocycles. The van der Waals surface area contributed by atoms with Gasteiger partial charge in [0.15, 0.2) is 0 Å². The fraction of sp³-hybridized carbons (Fsp3) is 0.556. The minimum Gasteiger partial charge on any atom is -0.497 e. The molecule has 1 aromatic carbocycles. The number of methoxy groups -OCH3 is 2. The van der Waals surface area contributed by atoms with Gasteiger partial charge in [-0.2, -0.15) is 0 Å². The molecule has 1 saturated heterocycles. The lowest BCUT2D eigenvalue weighted by Crippen LogP contribution is -2.36. The zero-order chi connectivity index (χ0) is 17.9. The highest BCUT2D eigenvalue weighted by Crippen LogP contribution is 2.35. The van der Waals surface area contributed by atoms with Crippen molar-refractivity contribution in [1.82, 2.24) is 4.90 Å². The zero-order valence-electron chi connectivity index (χ0n) is 14.9. The number of nitrogens with zero attached hydrogens (tertiary/aromatic N) is 1. The first-order valence-corrected chi connectivity index (χ1v) is 7.95. The molecule has 0 N–H and O–H groups in total. The number of carbonyl (C=O) groups is 2. The van der Waals surface area contributed by atoms with E-state index < -0.39 is 17.6 Å². The van der Waals surface area contributed by atoms with Crippen LogP contribution in [0.4, 0.5) is 4.79 Å². The van der Waals surface area contributed by atoms with Crippen LogP contribution in [-0.2, 0) is 14.3 Å². The molecular formula is C18H25NO5. The number of esters is 1. The summed E-state index contributed by atoms with van der Waals surface area (Å²) in [5.41, 5.74) is 0.396. The predicted molar refractivity (Wildman–Crippen MR) is 89.0 cm³/mol. The summed E-state index contributed by atoms with van der Waals surface area (Å²) in [7, 11) is 2.97. The number of carbonyl (C=O) groups excluding carboxylic acids is 2. The van der Waals surface area contributed by atoms with E-state index in [9.17, 15) is 9.59 Å². The van der Waals surface area contributed by atoms with Crippen LogP contribution in [-0.4, -0.2) is 49.9 Å². The molecule has 24 heavy (non-hydrogen) atoms. The molecule has 0 aliphatic carbocycles. The van der Waals surface area contributed by atoms with Gasteiger partial charge in [-0.25, -0.2) is 4.79 Å². The van der Waals surface area contributed by atoms with Gasteiger partial charge in [-0.1, -0.05) is 12.1 Å². The summed E-state index contributed by atoms with van der Waals surface area (Å²) in [4.78, 5) is 26.0. The summed E-state index contributed by atoms with van der Waals surface area (Å²) >= 11 is 0. The summed E-state index contributed by atoms with van der Waals surface area (Å²) in [6.45, 7) is 6.17. The third-order valence-corrected chi connectivity index (χ3v) is 4.02. The van der Waals surface area contributed by atoms with Crippen LogP contribution in [0.2, 0.25) is 0 Å². The number of rotatable bonds is 3. The van der Waals surface area contributed by atoms with E-state index >= 15 is 0 Å². The average molecular weight is 335 g/mol. The Bertz CT molecular complexity index is 590. The number of amides is 1. The van der Waals surface area contributed by atoms with Crippen LogP contribution in [0, 0.1) is 5.92 Å². The lowest BCUT2D eigenvalue weighted by molar-refractivity contribution is -0.145. The maximum absolute atomic E-state index is 12.3. The van der Waals surface area contributed by atoms with Crippen molar-refractivity contribution in [2.45, 2.75) is 32.3 Å². The number of hydrogen-bond acceptors (Lipinski definition) is 5. The number of hydrogen-bond donors (Lipinski definition) is 0. The first-order chi connectivity index (χ1) is 11.2. The van der Waals surface area contributed by atoms with Gasteiger partial charge in [-0.15, -0.1) is 0 Å². The highest BCUT2D eigenvalue weighted by atomic mass is 16.6. The lowest BCUT2D eigenvalue weighted by Gasteiger charge is -2.24. The summed E-state index contributed by atoms with van der Waals surface area (Å²) in [6, 6.07) is 7.52. The van der Waals surface area contributed by atoms with E-state index in [-0.39, 0.29) is 18.4 Å². The van der Waals surface area contributed by atoms with Crippen LogP contribution in [0.1, 0.15) is 32.3 Å². The Balaban J connectivity index is 2.20. The minimum atomic E-state index is -0.573. The van der Waals surface area contributed by atoms with E-state index in [1.165, 1.54) is 7.11 Å². The Morgan fingerprint density at radius 3 is 2.21 bits per heavy atom. The van der Waals surface area contributed by atoms with Gasteiger partial charge in [-0.3, -0.25) is 4.79 Å². The van der Waals surface area contributed by atoms with Gasteiger partial charge in [0, 0.05) is 19.0 Å². The molecule has 1 fully saturated rings. The molecule has 0 radical (unpaired) electrons. The Hall–Kier alpha value is -2.24. The predicted octanol–water partition coefficient (Wildman–Crippen LogP) is 2.82. The molecule has 0 bridgehead atoms. The summed E-state index contributed by atoms with van der Waals surface area (Å²) in [6.07, 6.45) is -0.410. The maximum Gasteiger partial charge on any atom is 0.410 e. The van der Waals surface area contributed by atoms with Gasteiger partial charge in [0.05, 0.1) is 20.1 Å². The van der Waals surface area contributed by atoms with E-state index in [0.29, 0.717) is 6.54 Å². The van der Waals surface area contributed by atoms with Crippen LogP contribution in [0.5, 0.6) is 5.75 Å². The largest absolute Gasteiger partial charge is 0.497 e. The van der Waals surface area contributed by atoms with E-state index in [0.717, 1.165) is 11.3 Å². The van der Waals surface area contributed by atoms with Gasteiger partial charge in [-0.05, 0) is 38.5 Å². The molecular weight excluding hydrogens is 310 g/mol. The normalized spacial score (nSPS) is 20.6. The van der Waals surface area contributed by atoms with Gasteiger partial charge >= 0.3 is 12.1 Å². The monoisotopic (exact) mass is 335 g/mol. The summed E-state index contributed by atoms with van der Waals surface area (Å²) in [5.74, 6) is -0.107. The second-order valence-corrected chi connectivity index (χ2v) is 6.89. The SMILES string of the molecule is COC(=O)[C@@H]1CN(C(=O)OC(C)(C)C)C[C@H]1c1ccc(OC)cc1. The zero-order valence-corrected chi connectivity index (χ0v) is 14.9. The minimum absolute atomic E-state index is 0.129. The Kier molecular flexibility index (Phi) is 5.36. The highest BCUT2D eigenvalue weighted by Gasteiger charge is 2.42. The Labute approximate surface area is 142 Å². The third-order valence-electron chi connectivity index (χ3n) is 4.02. The Morgan fingerprint density at radius 1 is 1.08 bits per heavy atom. The summed E-state index contributed by atoms with van der Waals surface area (Å²) in [5, 5.41) is 0. The number of benzene rings is 1. The van der Waals surface area contributed by atoms with Gasteiger partial charge in [0.25, 0.3) is 0 Å². The molecule has 132 valence electrons. The number of ether oxygens (including phenoxy) is 3. The molecule has 1 amide bonds. The highest BCUT2D eigenvalue weighted by molar-refractivity contribution is 5.77. The molecule has 0 saturated carbocycles. The fourth-order valence-electron chi connectivity index (χ4n) is 2.86. The average Bonchev–Trinajstić information content (AvgIpc) is 2.98. The topological polar surface area (TPSA) is 65.1 Å². The smallest absolute Gasteiger partial charge is 0.410 e. The molecule has 6 heteroatoms. The molecule has 2 rings (SSSR count). The quantitative estimate of drug-likeness (QED) is 0.795. The van der Waals surface area contributed by atoms with Crippen molar-refractivity contribution in [3.05, 3.63) is 29.8 Å². The van der Waals surface area contributed by atoms with Crippen molar-refractivity contribution in [2.75, 3.05) is 27.3 Å². The van der Waals surface area contributed by atoms with E-state index in [2.05, 4.69) is 0 Å². The van der Waals surface area contributed by atoms with Crippen molar-refractivity contribution in [3.63, 3.8) is 0 Å². The second-order valence-electron chi connectivity index (χ2n) is 6.89. The first kappa shape index (κ1) is 18.1. The van der Waals surface area contributed by atoms with Crippen molar-refractivity contribution >= 4 is 12.1 Å². The molecule has 1 heterocycles. The first-order valence-electron chi connectivity index (χ1n) is 7.95. The van der Waals surface area contributed by atoms with Gasteiger partial charge < -0.3 is 19.1 Å². The van der Waals surface area contributed by atoms with Crippen LogP contribution < -0.4 is 4.74 Å². The van der Waals surface area contributed by atoms with Crippen LogP contribution in [0.15, 0.2) is 24.3 Å². The summed E-state index contributed by atoms with van der Waals surface area (Å²) < 4.78 is 15.5. The maximum atomic E-state index is 12.3. The van der Waals surface area contributed by atoms with Crippen LogP contribution in [0.3, 0.4) is 0 Å².